The van der Waals surface area contributed by atoms with Crippen molar-refractivity contribution in [1.29, 1.82) is 0 Å². The molecule has 4 heteroatoms. The van der Waals surface area contributed by atoms with Gasteiger partial charge in [0.2, 0.25) is 0 Å². The van der Waals surface area contributed by atoms with Gasteiger partial charge in [0.15, 0.2) is 0 Å². The van der Waals surface area contributed by atoms with Crippen molar-refractivity contribution < 1.29 is 4.74 Å². The molecule has 0 saturated carbocycles. The maximum Gasteiger partial charge on any atom is 0.129 e. The number of rotatable bonds is 5. The van der Waals surface area contributed by atoms with Crippen LogP contribution in [-0.2, 0) is 11.3 Å². The van der Waals surface area contributed by atoms with Crippen molar-refractivity contribution in [3.05, 3.63) is 35.0 Å². The van der Waals surface area contributed by atoms with Gasteiger partial charge in [-0.3, -0.25) is 0 Å². The molecule has 0 aliphatic carbocycles. The largest absolute Gasteiger partial charge is 0.380 e. The van der Waals surface area contributed by atoms with Crippen molar-refractivity contribution in [2.75, 3.05) is 31.7 Å². The summed E-state index contributed by atoms with van der Waals surface area (Å²) in [6, 6.07) is 4.23. The number of pyridine rings is 1. The monoisotopic (exact) mass is 275 g/mol. The predicted octanol–water partition coefficient (Wildman–Crippen LogP) is 2.45. The van der Waals surface area contributed by atoms with Crippen molar-refractivity contribution in [2.45, 2.75) is 32.7 Å². The Morgan fingerprint density at radius 3 is 2.75 bits per heavy atom. The van der Waals surface area contributed by atoms with E-state index in [1.807, 2.05) is 0 Å². The highest BCUT2D eigenvalue weighted by molar-refractivity contribution is 5.45. The molecule has 2 heterocycles. The summed E-state index contributed by atoms with van der Waals surface area (Å²) in [4.78, 5) is 7.10. The number of ether oxygens (including phenoxy) is 1. The third-order valence-corrected chi connectivity index (χ3v) is 3.68. The van der Waals surface area contributed by atoms with Crippen LogP contribution in [0, 0.1) is 0 Å². The summed E-state index contributed by atoms with van der Waals surface area (Å²) in [5.41, 5.74) is 9.46. The molecule has 1 aromatic heterocycles. The highest BCUT2D eigenvalue weighted by atomic mass is 16.5. The maximum atomic E-state index is 5.80. The number of hydrogen-bond donors (Lipinski definition) is 1. The summed E-state index contributed by atoms with van der Waals surface area (Å²) in [6.07, 6.45) is 3.29. The van der Waals surface area contributed by atoms with Gasteiger partial charge in [-0.15, -0.1) is 0 Å². The lowest BCUT2D eigenvalue weighted by Crippen LogP contribution is -2.30. The quantitative estimate of drug-likeness (QED) is 0.839. The molecule has 0 unspecified atom stereocenters. The molecular formula is C16H25N3O. The summed E-state index contributed by atoms with van der Waals surface area (Å²) in [5, 5.41) is 0. The number of aromatic nitrogens is 1. The van der Waals surface area contributed by atoms with Crippen molar-refractivity contribution >= 4 is 5.82 Å². The Balaban J connectivity index is 2.19. The van der Waals surface area contributed by atoms with Gasteiger partial charge in [0.1, 0.15) is 5.82 Å². The molecule has 0 aromatic carbocycles. The van der Waals surface area contributed by atoms with Gasteiger partial charge in [0.25, 0.3) is 0 Å². The predicted molar refractivity (Wildman–Crippen MR) is 83.0 cm³/mol. The van der Waals surface area contributed by atoms with Gasteiger partial charge in [-0.1, -0.05) is 19.9 Å². The third kappa shape index (κ3) is 3.58. The van der Waals surface area contributed by atoms with Crippen LogP contribution in [0.15, 0.2) is 23.8 Å². The summed E-state index contributed by atoms with van der Waals surface area (Å²) in [7, 11) is 1.74. The Kier molecular flexibility index (Phi) is 5.15. The van der Waals surface area contributed by atoms with E-state index in [2.05, 4.69) is 37.0 Å². The highest BCUT2D eigenvalue weighted by Gasteiger charge is 2.15. The first-order valence-electron chi connectivity index (χ1n) is 7.26. The molecule has 1 aromatic rings. The zero-order chi connectivity index (χ0) is 14.5. The molecule has 0 amide bonds. The van der Waals surface area contributed by atoms with Gasteiger partial charge in [0, 0.05) is 32.4 Å². The van der Waals surface area contributed by atoms with Crippen molar-refractivity contribution in [2.24, 2.45) is 5.73 Å². The first-order chi connectivity index (χ1) is 9.63. The van der Waals surface area contributed by atoms with E-state index in [0.29, 0.717) is 12.5 Å². The van der Waals surface area contributed by atoms with Gasteiger partial charge < -0.3 is 15.4 Å². The fourth-order valence-electron chi connectivity index (χ4n) is 2.41. The first kappa shape index (κ1) is 15.0. The molecule has 1 aliphatic rings. The maximum absolute atomic E-state index is 5.80. The molecule has 4 nitrogen and oxygen atoms in total. The summed E-state index contributed by atoms with van der Waals surface area (Å²) < 4.78 is 5.19. The van der Waals surface area contributed by atoms with Crippen LogP contribution in [0.3, 0.4) is 0 Å². The van der Waals surface area contributed by atoms with Crippen LogP contribution in [0.2, 0.25) is 0 Å². The summed E-state index contributed by atoms with van der Waals surface area (Å²) >= 11 is 0. The Bertz CT molecular complexity index is 483. The van der Waals surface area contributed by atoms with E-state index >= 15 is 0 Å². The van der Waals surface area contributed by atoms with E-state index in [1.165, 1.54) is 5.57 Å². The van der Waals surface area contributed by atoms with Crippen LogP contribution >= 0.6 is 0 Å². The fraction of sp³-hybridized carbons (Fsp3) is 0.562. The molecule has 2 rings (SSSR count). The molecule has 0 saturated heterocycles. The third-order valence-electron chi connectivity index (χ3n) is 3.68. The number of anilines is 1. The smallest absolute Gasteiger partial charge is 0.129 e. The van der Waals surface area contributed by atoms with Crippen LogP contribution in [0.4, 0.5) is 5.82 Å². The van der Waals surface area contributed by atoms with Crippen LogP contribution in [-0.4, -0.2) is 31.8 Å². The Labute approximate surface area is 121 Å². The zero-order valence-corrected chi connectivity index (χ0v) is 12.7. The van der Waals surface area contributed by atoms with Crippen molar-refractivity contribution in [3.63, 3.8) is 0 Å². The molecule has 110 valence electrons. The molecular weight excluding hydrogens is 250 g/mol. The Morgan fingerprint density at radius 2 is 2.20 bits per heavy atom. The number of hydrogen-bond acceptors (Lipinski definition) is 4. The SMILES string of the molecule is COCC1=CCN(c2cc(CN)cc(C(C)C)n2)CC1. The minimum Gasteiger partial charge on any atom is -0.380 e. The summed E-state index contributed by atoms with van der Waals surface area (Å²) in [6.45, 7) is 7.53. The molecule has 0 radical (unpaired) electrons. The van der Waals surface area contributed by atoms with E-state index < -0.39 is 0 Å². The Hall–Kier alpha value is -1.39. The molecule has 0 atom stereocenters. The Morgan fingerprint density at radius 1 is 1.40 bits per heavy atom. The standard InChI is InChI=1S/C16H25N3O/c1-12(2)15-8-14(10-17)9-16(18-15)19-6-4-13(5-7-19)11-20-3/h4,8-9,12H,5-7,10-11,17H2,1-3H3. The van der Waals surface area contributed by atoms with Crippen LogP contribution in [0.25, 0.3) is 0 Å². The number of nitrogens with two attached hydrogens (primary N) is 1. The zero-order valence-electron chi connectivity index (χ0n) is 12.7. The normalized spacial score (nSPS) is 15.7. The molecule has 0 bridgehead atoms. The minimum atomic E-state index is 0.421. The average Bonchev–Trinajstić information content (AvgIpc) is 2.47. The van der Waals surface area contributed by atoms with E-state index in [0.717, 1.165) is 43.2 Å². The minimum absolute atomic E-state index is 0.421. The molecule has 0 fully saturated rings. The number of methoxy groups -OCH3 is 1. The van der Waals surface area contributed by atoms with Crippen LogP contribution < -0.4 is 10.6 Å². The topological polar surface area (TPSA) is 51.4 Å². The first-order valence-corrected chi connectivity index (χ1v) is 7.26. The van der Waals surface area contributed by atoms with Gasteiger partial charge >= 0.3 is 0 Å². The van der Waals surface area contributed by atoms with Gasteiger partial charge in [-0.25, -0.2) is 4.98 Å². The summed E-state index contributed by atoms with van der Waals surface area (Å²) in [5.74, 6) is 1.47. The second-order valence-electron chi connectivity index (χ2n) is 5.61. The van der Waals surface area contributed by atoms with E-state index in [4.69, 9.17) is 15.5 Å². The van der Waals surface area contributed by atoms with Gasteiger partial charge in [-0.2, -0.15) is 0 Å². The van der Waals surface area contributed by atoms with Crippen molar-refractivity contribution in [3.8, 4) is 0 Å². The lowest BCUT2D eigenvalue weighted by atomic mass is 10.1. The highest BCUT2D eigenvalue weighted by Crippen LogP contribution is 2.23. The van der Waals surface area contributed by atoms with E-state index in [1.54, 1.807) is 7.11 Å². The second kappa shape index (κ2) is 6.86. The lowest BCUT2D eigenvalue weighted by Gasteiger charge is -2.28. The van der Waals surface area contributed by atoms with E-state index in [-0.39, 0.29) is 0 Å². The van der Waals surface area contributed by atoms with Gasteiger partial charge in [-0.05, 0) is 35.6 Å². The van der Waals surface area contributed by atoms with Gasteiger partial charge in [0.05, 0.1) is 6.61 Å². The fourth-order valence-corrected chi connectivity index (χ4v) is 2.41. The number of nitrogens with zero attached hydrogens (tertiary/aromatic N) is 2. The lowest BCUT2D eigenvalue weighted by molar-refractivity contribution is 0.222. The van der Waals surface area contributed by atoms with Crippen LogP contribution in [0.1, 0.15) is 37.4 Å². The molecule has 2 N–H and O–H groups in total. The van der Waals surface area contributed by atoms with Crippen molar-refractivity contribution in [1.82, 2.24) is 4.98 Å². The second-order valence-corrected chi connectivity index (χ2v) is 5.61. The molecule has 20 heavy (non-hydrogen) atoms. The van der Waals surface area contributed by atoms with E-state index in [9.17, 15) is 0 Å². The van der Waals surface area contributed by atoms with Crippen LogP contribution in [0.5, 0.6) is 0 Å². The molecule has 0 spiro atoms. The average molecular weight is 275 g/mol. The molecule has 1 aliphatic heterocycles.